The first-order chi connectivity index (χ1) is 6.00. The molecule has 0 aliphatic carbocycles. The minimum Gasteiger partial charge on any atom is -0.366 e. The number of anilines is 1. The fourth-order valence-electron chi connectivity index (χ4n) is 0.749. The zero-order chi connectivity index (χ0) is 10.0. The number of carbonyl (C=O) groups excluding carboxylic acids is 2. The second-order valence-electron chi connectivity index (χ2n) is 2.15. The number of thiophene rings is 1. The summed E-state index contributed by atoms with van der Waals surface area (Å²) in [7, 11) is 0. The van der Waals surface area contributed by atoms with Crippen molar-refractivity contribution in [3.8, 4) is 0 Å². The van der Waals surface area contributed by atoms with Crippen LogP contribution in [0, 0.1) is 2.88 Å². The average Bonchev–Trinajstić information content (AvgIpc) is 2.29. The van der Waals surface area contributed by atoms with Gasteiger partial charge in [-0.3, -0.25) is 10.1 Å². The SMILES string of the molecule is NC(=O)Nc1sc(I)cc1C(N)=O. The Kier molecular flexibility index (Phi) is 3.09. The molecule has 0 atom stereocenters. The smallest absolute Gasteiger partial charge is 0.317 e. The monoisotopic (exact) mass is 311 g/mol. The number of urea groups is 1. The molecule has 0 unspecified atom stereocenters. The highest BCUT2D eigenvalue weighted by Gasteiger charge is 2.13. The molecule has 5 nitrogen and oxygen atoms in total. The molecule has 0 aliphatic rings. The molecule has 1 aromatic rings. The molecule has 5 N–H and O–H groups in total. The maximum atomic E-state index is 10.9. The summed E-state index contributed by atoms with van der Waals surface area (Å²) in [5.74, 6) is -0.581. The molecule has 3 amide bonds. The van der Waals surface area contributed by atoms with Crippen LogP contribution in [0.3, 0.4) is 0 Å². The van der Waals surface area contributed by atoms with E-state index < -0.39 is 11.9 Å². The normalized spacial score (nSPS) is 9.62. The van der Waals surface area contributed by atoms with E-state index in [-0.39, 0.29) is 5.56 Å². The molecule has 13 heavy (non-hydrogen) atoms. The molecule has 0 saturated heterocycles. The van der Waals surface area contributed by atoms with E-state index in [0.29, 0.717) is 5.00 Å². The third kappa shape index (κ3) is 2.56. The zero-order valence-corrected chi connectivity index (χ0v) is 9.31. The van der Waals surface area contributed by atoms with Gasteiger partial charge in [0.1, 0.15) is 5.00 Å². The number of nitrogens with one attached hydrogen (secondary N) is 1. The van der Waals surface area contributed by atoms with Crippen LogP contribution in [0.15, 0.2) is 6.07 Å². The highest BCUT2D eigenvalue weighted by molar-refractivity contribution is 14.1. The first-order valence-electron chi connectivity index (χ1n) is 3.16. The lowest BCUT2D eigenvalue weighted by atomic mass is 10.3. The number of hydrogen-bond donors (Lipinski definition) is 3. The van der Waals surface area contributed by atoms with Gasteiger partial charge < -0.3 is 11.5 Å². The van der Waals surface area contributed by atoms with Gasteiger partial charge in [0, 0.05) is 0 Å². The maximum absolute atomic E-state index is 10.9. The number of nitrogens with two attached hydrogens (primary N) is 2. The lowest BCUT2D eigenvalue weighted by Gasteiger charge is -1.98. The molecule has 70 valence electrons. The van der Waals surface area contributed by atoms with Crippen LogP contribution in [0.2, 0.25) is 0 Å². The predicted octanol–water partition coefficient (Wildman–Crippen LogP) is 0.942. The summed E-state index contributed by atoms with van der Waals surface area (Å²) in [5, 5.41) is 2.72. The number of carbonyl (C=O) groups is 2. The van der Waals surface area contributed by atoms with Crippen molar-refractivity contribution in [3.63, 3.8) is 0 Å². The van der Waals surface area contributed by atoms with Crippen LogP contribution in [0.5, 0.6) is 0 Å². The summed E-state index contributed by atoms with van der Waals surface area (Å²) in [4.78, 5) is 21.4. The molecule has 0 fully saturated rings. The van der Waals surface area contributed by atoms with Crippen molar-refractivity contribution >= 4 is 50.9 Å². The van der Waals surface area contributed by atoms with Gasteiger partial charge in [0.2, 0.25) is 0 Å². The first kappa shape index (κ1) is 10.3. The van der Waals surface area contributed by atoms with Gasteiger partial charge in [0.05, 0.1) is 8.45 Å². The molecule has 1 rings (SSSR count). The van der Waals surface area contributed by atoms with Crippen molar-refractivity contribution < 1.29 is 9.59 Å². The Bertz CT molecular complexity index is 363. The van der Waals surface area contributed by atoms with Crippen molar-refractivity contribution in [2.75, 3.05) is 5.32 Å². The van der Waals surface area contributed by atoms with Crippen LogP contribution in [0.25, 0.3) is 0 Å². The summed E-state index contributed by atoms with van der Waals surface area (Å²) in [6.07, 6.45) is 0. The highest BCUT2D eigenvalue weighted by atomic mass is 127. The predicted molar refractivity (Wildman–Crippen MR) is 58.8 cm³/mol. The van der Waals surface area contributed by atoms with Gasteiger partial charge >= 0.3 is 6.03 Å². The Morgan fingerprint density at radius 2 is 2.08 bits per heavy atom. The lowest BCUT2D eigenvalue weighted by molar-refractivity contribution is 0.100. The van der Waals surface area contributed by atoms with Gasteiger partial charge in [-0.05, 0) is 28.7 Å². The number of amides is 3. The number of hydrogen-bond acceptors (Lipinski definition) is 3. The summed E-state index contributed by atoms with van der Waals surface area (Å²) in [5.41, 5.74) is 10.3. The number of rotatable bonds is 2. The van der Waals surface area contributed by atoms with Crippen molar-refractivity contribution in [2.45, 2.75) is 0 Å². The van der Waals surface area contributed by atoms with E-state index in [2.05, 4.69) is 5.32 Å². The maximum Gasteiger partial charge on any atom is 0.317 e. The van der Waals surface area contributed by atoms with Crippen molar-refractivity contribution in [1.29, 1.82) is 0 Å². The molecule has 1 heterocycles. The topological polar surface area (TPSA) is 98.2 Å². The van der Waals surface area contributed by atoms with E-state index in [1.54, 1.807) is 6.07 Å². The minimum absolute atomic E-state index is 0.285. The largest absolute Gasteiger partial charge is 0.366 e. The van der Waals surface area contributed by atoms with Crippen molar-refractivity contribution in [1.82, 2.24) is 0 Å². The Labute approximate surface area is 91.6 Å². The average molecular weight is 311 g/mol. The molecular formula is C6H6IN3O2S. The van der Waals surface area contributed by atoms with Crippen LogP contribution in [0.1, 0.15) is 10.4 Å². The van der Waals surface area contributed by atoms with E-state index >= 15 is 0 Å². The minimum atomic E-state index is -0.708. The van der Waals surface area contributed by atoms with Crippen LogP contribution in [-0.4, -0.2) is 11.9 Å². The third-order valence-electron chi connectivity index (χ3n) is 1.20. The molecule has 0 aliphatic heterocycles. The van der Waals surface area contributed by atoms with E-state index in [0.717, 1.165) is 2.88 Å². The molecule has 7 heteroatoms. The quantitative estimate of drug-likeness (QED) is 0.708. The molecule has 0 saturated carbocycles. The van der Waals surface area contributed by atoms with E-state index in [4.69, 9.17) is 11.5 Å². The van der Waals surface area contributed by atoms with Gasteiger partial charge in [0.25, 0.3) is 5.91 Å². The summed E-state index contributed by atoms with van der Waals surface area (Å²) in [6, 6.07) is 0.888. The van der Waals surface area contributed by atoms with E-state index in [9.17, 15) is 9.59 Å². The summed E-state index contributed by atoms with van der Waals surface area (Å²) < 4.78 is 0.857. The molecule has 0 bridgehead atoms. The lowest BCUT2D eigenvalue weighted by Crippen LogP contribution is -2.21. The summed E-state index contributed by atoms with van der Waals surface area (Å²) >= 11 is 3.27. The highest BCUT2D eigenvalue weighted by Crippen LogP contribution is 2.28. The molecule has 0 aromatic carbocycles. The van der Waals surface area contributed by atoms with Gasteiger partial charge in [-0.25, -0.2) is 4.79 Å². The van der Waals surface area contributed by atoms with Crippen molar-refractivity contribution in [3.05, 3.63) is 14.5 Å². The van der Waals surface area contributed by atoms with Gasteiger partial charge in [-0.2, -0.15) is 0 Å². The fraction of sp³-hybridized carbons (Fsp3) is 0. The van der Waals surface area contributed by atoms with Crippen LogP contribution in [0.4, 0.5) is 9.80 Å². The van der Waals surface area contributed by atoms with E-state index in [1.165, 1.54) is 11.3 Å². The Hall–Kier alpha value is -0.830. The van der Waals surface area contributed by atoms with Crippen LogP contribution >= 0.6 is 33.9 Å². The standard InChI is InChI=1S/C6H6IN3O2S/c7-3-1-2(4(8)11)5(13-3)10-6(9)12/h1H,(H2,8,11)(H3,9,10,12). The third-order valence-corrected chi connectivity index (χ3v) is 3.02. The molecule has 0 spiro atoms. The van der Waals surface area contributed by atoms with Crippen molar-refractivity contribution in [2.24, 2.45) is 11.5 Å². The first-order valence-corrected chi connectivity index (χ1v) is 5.06. The Morgan fingerprint density at radius 3 is 2.54 bits per heavy atom. The van der Waals surface area contributed by atoms with Crippen LogP contribution in [-0.2, 0) is 0 Å². The summed E-state index contributed by atoms with van der Waals surface area (Å²) in [6.45, 7) is 0. The van der Waals surface area contributed by atoms with Gasteiger partial charge in [-0.1, -0.05) is 0 Å². The second kappa shape index (κ2) is 3.92. The molecule has 1 aromatic heterocycles. The molecule has 0 radical (unpaired) electrons. The van der Waals surface area contributed by atoms with E-state index in [1.807, 2.05) is 22.6 Å². The molecular weight excluding hydrogens is 305 g/mol. The zero-order valence-electron chi connectivity index (χ0n) is 6.33. The van der Waals surface area contributed by atoms with Crippen LogP contribution < -0.4 is 16.8 Å². The number of halogens is 1. The van der Waals surface area contributed by atoms with Gasteiger partial charge in [0.15, 0.2) is 0 Å². The fourth-order valence-corrected chi connectivity index (χ4v) is 2.51. The Balaban J connectivity index is 3.04. The Morgan fingerprint density at radius 1 is 1.46 bits per heavy atom. The van der Waals surface area contributed by atoms with Gasteiger partial charge in [-0.15, -0.1) is 11.3 Å². The second-order valence-corrected chi connectivity index (χ2v) is 5.09. The number of primary amides is 2.